The smallest absolute Gasteiger partial charge is 0.337 e. The van der Waals surface area contributed by atoms with Gasteiger partial charge in [0.2, 0.25) is 0 Å². The second kappa shape index (κ2) is 3.51. The maximum atomic E-state index is 13.0. The molecule has 1 aromatic carbocycles. The van der Waals surface area contributed by atoms with Crippen LogP contribution in [-0.2, 0) is 4.79 Å². The van der Waals surface area contributed by atoms with E-state index >= 15 is 0 Å². The van der Waals surface area contributed by atoms with Gasteiger partial charge in [0.1, 0.15) is 0 Å². The van der Waals surface area contributed by atoms with Gasteiger partial charge in [-0.2, -0.15) is 0 Å². The van der Waals surface area contributed by atoms with E-state index in [0.29, 0.717) is 0 Å². The van der Waals surface area contributed by atoms with Crippen LogP contribution < -0.4 is 0 Å². The SMILES string of the molecule is O=C(O)C(O)c1ccc(O)c(O)c1F. The van der Waals surface area contributed by atoms with Crippen molar-refractivity contribution in [2.45, 2.75) is 6.10 Å². The molecule has 0 aliphatic heterocycles. The maximum Gasteiger partial charge on any atom is 0.337 e. The van der Waals surface area contributed by atoms with Gasteiger partial charge in [0, 0.05) is 5.56 Å². The van der Waals surface area contributed by atoms with Gasteiger partial charge in [-0.1, -0.05) is 0 Å². The first-order chi connectivity index (χ1) is 6.45. The second-order valence-electron chi connectivity index (χ2n) is 2.58. The highest BCUT2D eigenvalue weighted by Crippen LogP contribution is 2.32. The first kappa shape index (κ1) is 10.3. The molecule has 0 radical (unpaired) electrons. The quantitative estimate of drug-likeness (QED) is 0.519. The molecule has 1 rings (SSSR count). The average molecular weight is 202 g/mol. The monoisotopic (exact) mass is 202 g/mol. The van der Waals surface area contributed by atoms with Gasteiger partial charge in [-0.3, -0.25) is 0 Å². The van der Waals surface area contributed by atoms with E-state index in [9.17, 15) is 9.18 Å². The van der Waals surface area contributed by atoms with E-state index in [4.69, 9.17) is 20.4 Å². The van der Waals surface area contributed by atoms with Crippen LogP contribution in [0.3, 0.4) is 0 Å². The van der Waals surface area contributed by atoms with E-state index in [1.54, 1.807) is 0 Å². The summed E-state index contributed by atoms with van der Waals surface area (Å²) in [4.78, 5) is 10.3. The van der Waals surface area contributed by atoms with Crippen LogP contribution >= 0.6 is 0 Å². The van der Waals surface area contributed by atoms with Crippen molar-refractivity contribution >= 4 is 5.97 Å². The van der Waals surface area contributed by atoms with Crippen molar-refractivity contribution in [1.29, 1.82) is 0 Å². The number of phenols is 2. The molecule has 76 valence electrons. The van der Waals surface area contributed by atoms with Crippen LogP contribution in [0.4, 0.5) is 4.39 Å². The Kier molecular flexibility index (Phi) is 2.57. The number of aliphatic carboxylic acids is 1. The van der Waals surface area contributed by atoms with Crippen molar-refractivity contribution in [3.63, 3.8) is 0 Å². The summed E-state index contributed by atoms with van der Waals surface area (Å²) >= 11 is 0. The number of hydrogen-bond donors (Lipinski definition) is 4. The number of carbonyl (C=O) groups is 1. The molecule has 0 bridgehead atoms. The molecule has 0 spiro atoms. The van der Waals surface area contributed by atoms with Crippen LogP contribution in [0, 0.1) is 5.82 Å². The fourth-order valence-corrected chi connectivity index (χ4v) is 0.914. The molecule has 4 N–H and O–H groups in total. The van der Waals surface area contributed by atoms with Gasteiger partial charge in [0.25, 0.3) is 0 Å². The Hall–Kier alpha value is -1.82. The molecule has 1 aromatic rings. The molecule has 0 aliphatic rings. The van der Waals surface area contributed by atoms with E-state index in [-0.39, 0.29) is 0 Å². The summed E-state index contributed by atoms with van der Waals surface area (Å²) < 4.78 is 13.0. The molecule has 6 heteroatoms. The van der Waals surface area contributed by atoms with Crippen LogP contribution in [0.1, 0.15) is 11.7 Å². The van der Waals surface area contributed by atoms with Crippen molar-refractivity contribution < 1.29 is 29.6 Å². The predicted octanol–water partition coefficient (Wildman–Crippen LogP) is 0.355. The van der Waals surface area contributed by atoms with Crippen molar-refractivity contribution in [1.82, 2.24) is 0 Å². The lowest BCUT2D eigenvalue weighted by Crippen LogP contribution is -2.12. The summed E-state index contributed by atoms with van der Waals surface area (Å²) in [6.45, 7) is 0. The summed E-state index contributed by atoms with van der Waals surface area (Å²) in [6.07, 6.45) is -2.07. The third-order valence-electron chi connectivity index (χ3n) is 1.65. The highest BCUT2D eigenvalue weighted by Gasteiger charge is 2.23. The van der Waals surface area contributed by atoms with Gasteiger partial charge in [0.15, 0.2) is 23.4 Å². The normalized spacial score (nSPS) is 12.4. The molecule has 5 nitrogen and oxygen atoms in total. The first-order valence-electron chi connectivity index (χ1n) is 3.56. The molecule has 14 heavy (non-hydrogen) atoms. The minimum atomic E-state index is -2.07. The number of benzene rings is 1. The standard InChI is InChI=1S/C8H7FO5/c9-5-3(6(11)8(13)14)1-2-4(10)7(5)12/h1-2,6,10-12H,(H,13,14). The minimum Gasteiger partial charge on any atom is -0.504 e. The number of hydrogen-bond acceptors (Lipinski definition) is 4. The number of carboxylic acid groups (broad SMARTS) is 1. The fourth-order valence-electron chi connectivity index (χ4n) is 0.914. The number of halogens is 1. The third kappa shape index (κ3) is 1.60. The van der Waals surface area contributed by atoms with E-state index in [1.165, 1.54) is 0 Å². The molecule has 0 saturated heterocycles. The first-order valence-corrected chi connectivity index (χ1v) is 3.56. The lowest BCUT2D eigenvalue weighted by Gasteiger charge is -2.08. The minimum absolute atomic E-state index is 0.604. The fraction of sp³-hybridized carbons (Fsp3) is 0.125. The molecular formula is C8H7FO5. The summed E-state index contributed by atoms with van der Waals surface area (Å²) in [5.74, 6) is -4.79. The average Bonchev–Trinajstić information content (AvgIpc) is 2.13. The van der Waals surface area contributed by atoms with E-state index in [1.807, 2.05) is 0 Å². The molecule has 1 unspecified atom stereocenters. The van der Waals surface area contributed by atoms with Gasteiger partial charge in [-0.25, -0.2) is 9.18 Å². The van der Waals surface area contributed by atoms with Crippen LogP contribution in [0.25, 0.3) is 0 Å². The molecule has 0 aromatic heterocycles. The van der Waals surface area contributed by atoms with Crippen LogP contribution in [0.2, 0.25) is 0 Å². The molecule has 0 saturated carbocycles. The Balaban J connectivity index is 3.24. The van der Waals surface area contributed by atoms with E-state index < -0.39 is 35.0 Å². The Labute approximate surface area is 77.7 Å². The number of phenolic OH excluding ortho intramolecular Hbond substituents is 2. The summed E-state index contributed by atoms with van der Waals surface area (Å²) in [5.41, 5.74) is -0.604. The Morgan fingerprint density at radius 3 is 2.43 bits per heavy atom. The van der Waals surface area contributed by atoms with Crippen molar-refractivity contribution in [3.8, 4) is 11.5 Å². The van der Waals surface area contributed by atoms with Gasteiger partial charge < -0.3 is 20.4 Å². The Morgan fingerprint density at radius 2 is 1.93 bits per heavy atom. The highest BCUT2D eigenvalue weighted by molar-refractivity contribution is 5.74. The van der Waals surface area contributed by atoms with Gasteiger partial charge >= 0.3 is 5.97 Å². The van der Waals surface area contributed by atoms with Gasteiger partial charge in [-0.05, 0) is 12.1 Å². The largest absolute Gasteiger partial charge is 0.504 e. The summed E-state index contributed by atoms with van der Waals surface area (Å²) in [6, 6.07) is 1.77. The van der Waals surface area contributed by atoms with Crippen molar-refractivity contribution in [2.24, 2.45) is 0 Å². The number of aromatic hydroxyl groups is 2. The van der Waals surface area contributed by atoms with Crippen LogP contribution in [0.15, 0.2) is 12.1 Å². The van der Waals surface area contributed by atoms with Gasteiger partial charge in [0.05, 0.1) is 0 Å². The lowest BCUT2D eigenvalue weighted by atomic mass is 10.1. The number of aliphatic hydroxyl groups is 1. The number of rotatable bonds is 2. The van der Waals surface area contributed by atoms with E-state index in [2.05, 4.69) is 0 Å². The predicted molar refractivity (Wildman–Crippen MR) is 42.3 cm³/mol. The van der Waals surface area contributed by atoms with Gasteiger partial charge in [-0.15, -0.1) is 0 Å². The maximum absolute atomic E-state index is 13.0. The second-order valence-corrected chi connectivity index (χ2v) is 2.58. The highest BCUT2D eigenvalue weighted by atomic mass is 19.1. The number of aliphatic hydroxyl groups excluding tert-OH is 1. The van der Waals surface area contributed by atoms with Crippen LogP contribution in [0.5, 0.6) is 11.5 Å². The van der Waals surface area contributed by atoms with Crippen molar-refractivity contribution in [3.05, 3.63) is 23.5 Å². The summed E-state index contributed by atoms with van der Waals surface area (Å²) in [7, 11) is 0. The molecule has 0 aliphatic carbocycles. The molecular weight excluding hydrogens is 195 g/mol. The molecule has 0 amide bonds. The van der Waals surface area contributed by atoms with Crippen LogP contribution in [-0.4, -0.2) is 26.4 Å². The molecule has 0 heterocycles. The molecule has 1 atom stereocenters. The van der Waals surface area contributed by atoms with Crippen molar-refractivity contribution in [2.75, 3.05) is 0 Å². The molecule has 0 fully saturated rings. The van der Waals surface area contributed by atoms with E-state index in [0.717, 1.165) is 12.1 Å². The summed E-state index contributed by atoms with van der Waals surface area (Å²) in [5, 5.41) is 35.0. The Bertz CT molecular complexity index is 376. The zero-order valence-electron chi connectivity index (χ0n) is 6.81. The number of carboxylic acids is 1. The lowest BCUT2D eigenvalue weighted by molar-refractivity contribution is -0.147. The zero-order chi connectivity index (χ0) is 10.9. The zero-order valence-corrected chi connectivity index (χ0v) is 6.81. The topological polar surface area (TPSA) is 98.0 Å². The third-order valence-corrected chi connectivity index (χ3v) is 1.65. The Morgan fingerprint density at radius 1 is 1.36 bits per heavy atom.